The number of carboxylic acid groups (broad SMARTS) is 1. The zero-order valence-corrected chi connectivity index (χ0v) is 11.2. The standard InChI is InChI=1S/C14H17NO5/c1-2-20-12-8-19-7-11(12)15-13(16)9-5-3-4-6-10(9)14(17)18/h3-6,11-12H,2,7-8H2,1H3,(H,15,16)(H,17,18)/t11-,12-/m0/s1. The molecule has 6 heteroatoms. The molecule has 20 heavy (non-hydrogen) atoms. The number of ether oxygens (including phenoxy) is 2. The van der Waals surface area contributed by atoms with Gasteiger partial charge in [0.1, 0.15) is 6.10 Å². The molecule has 1 saturated heterocycles. The van der Waals surface area contributed by atoms with Crippen molar-refractivity contribution in [3.05, 3.63) is 35.4 Å². The smallest absolute Gasteiger partial charge is 0.336 e. The van der Waals surface area contributed by atoms with Crippen LogP contribution in [0.4, 0.5) is 0 Å². The van der Waals surface area contributed by atoms with E-state index in [4.69, 9.17) is 14.6 Å². The molecule has 1 aromatic carbocycles. The van der Waals surface area contributed by atoms with Crippen molar-refractivity contribution in [2.45, 2.75) is 19.1 Å². The molecule has 1 heterocycles. The quantitative estimate of drug-likeness (QED) is 0.837. The summed E-state index contributed by atoms with van der Waals surface area (Å²) in [6.07, 6.45) is -0.194. The first-order chi connectivity index (χ1) is 9.63. The molecule has 0 aliphatic carbocycles. The monoisotopic (exact) mass is 279 g/mol. The van der Waals surface area contributed by atoms with Gasteiger partial charge in [0.15, 0.2) is 0 Å². The Kier molecular flexibility index (Phi) is 4.70. The van der Waals surface area contributed by atoms with Crippen molar-refractivity contribution in [2.75, 3.05) is 19.8 Å². The summed E-state index contributed by atoms with van der Waals surface area (Å²) in [6.45, 7) is 3.20. The summed E-state index contributed by atoms with van der Waals surface area (Å²) in [5.41, 5.74) is 0.124. The van der Waals surface area contributed by atoms with Crippen LogP contribution in [0.15, 0.2) is 24.3 Å². The van der Waals surface area contributed by atoms with Crippen LogP contribution in [0.25, 0.3) is 0 Å². The lowest BCUT2D eigenvalue weighted by molar-refractivity contribution is 0.0402. The number of carboxylic acids is 1. The topological polar surface area (TPSA) is 84.9 Å². The molecule has 2 N–H and O–H groups in total. The zero-order chi connectivity index (χ0) is 14.5. The molecular weight excluding hydrogens is 262 g/mol. The van der Waals surface area contributed by atoms with E-state index in [1.807, 2.05) is 6.92 Å². The van der Waals surface area contributed by atoms with Gasteiger partial charge in [0.2, 0.25) is 0 Å². The number of carbonyl (C=O) groups excluding carboxylic acids is 1. The Morgan fingerprint density at radius 2 is 2.05 bits per heavy atom. The molecule has 2 atom stereocenters. The summed E-state index contributed by atoms with van der Waals surface area (Å²) in [7, 11) is 0. The highest BCUT2D eigenvalue weighted by Gasteiger charge is 2.31. The van der Waals surface area contributed by atoms with E-state index >= 15 is 0 Å². The number of benzene rings is 1. The van der Waals surface area contributed by atoms with Gasteiger partial charge in [-0.15, -0.1) is 0 Å². The number of amides is 1. The summed E-state index contributed by atoms with van der Waals surface area (Å²) in [5, 5.41) is 11.9. The van der Waals surface area contributed by atoms with Crippen LogP contribution < -0.4 is 5.32 Å². The number of carbonyl (C=O) groups is 2. The summed E-state index contributed by atoms with van der Waals surface area (Å²) in [6, 6.07) is 5.85. The molecule has 0 bridgehead atoms. The molecule has 0 radical (unpaired) electrons. The largest absolute Gasteiger partial charge is 0.478 e. The average molecular weight is 279 g/mol. The molecule has 2 rings (SSSR count). The van der Waals surface area contributed by atoms with Crippen molar-refractivity contribution in [1.82, 2.24) is 5.32 Å². The molecule has 0 aromatic heterocycles. The minimum atomic E-state index is -1.13. The molecule has 1 aliphatic rings. The van der Waals surface area contributed by atoms with Crippen molar-refractivity contribution >= 4 is 11.9 Å². The fraction of sp³-hybridized carbons (Fsp3) is 0.429. The molecule has 1 amide bonds. The molecule has 108 valence electrons. The van der Waals surface area contributed by atoms with Gasteiger partial charge in [0.25, 0.3) is 5.91 Å². The number of hydrogen-bond acceptors (Lipinski definition) is 4. The first-order valence-electron chi connectivity index (χ1n) is 6.46. The average Bonchev–Trinajstić information content (AvgIpc) is 2.86. The van der Waals surface area contributed by atoms with E-state index in [2.05, 4.69) is 5.32 Å². The Balaban J connectivity index is 2.10. The lowest BCUT2D eigenvalue weighted by atomic mass is 10.1. The zero-order valence-electron chi connectivity index (χ0n) is 11.2. The molecular formula is C14H17NO5. The Morgan fingerprint density at radius 3 is 2.70 bits per heavy atom. The summed E-state index contributed by atoms with van der Waals surface area (Å²) in [5.74, 6) is -1.55. The van der Waals surface area contributed by atoms with E-state index in [0.29, 0.717) is 19.8 Å². The molecule has 6 nitrogen and oxygen atoms in total. The van der Waals surface area contributed by atoms with Crippen LogP contribution in [0.2, 0.25) is 0 Å². The Labute approximate surface area is 116 Å². The van der Waals surface area contributed by atoms with Crippen LogP contribution in [0.1, 0.15) is 27.6 Å². The predicted octanol–water partition coefficient (Wildman–Crippen LogP) is 0.918. The molecule has 1 aromatic rings. The van der Waals surface area contributed by atoms with Gasteiger partial charge in [-0.3, -0.25) is 4.79 Å². The summed E-state index contributed by atoms with van der Waals surface area (Å²) < 4.78 is 10.8. The number of nitrogens with one attached hydrogen (secondary N) is 1. The predicted molar refractivity (Wildman–Crippen MR) is 70.9 cm³/mol. The lowest BCUT2D eigenvalue weighted by Gasteiger charge is -2.19. The van der Waals surface area contributed by atoms with Gasteiger partial charge in [-0.25, -0.2) is 4.79 Å². The molecule has 0 saturated carbocycles. The van der Waals surface area contributed by atoms with Gasteiger partial charge in [0, 0.05) is 6.61 Å². The van der Waals surface area contributed by atoms with Gasteiger partial charge < -0.3 is 19.9 Å². The lowest BCUT2D eigenvalue weighted by Crippen LogP contribution is -2.44. The molecule has 1 aliphatic heterocycles. The Morgan fingerprint density at radius 1 is 1.35 bits per heavy atom. The van der Waals surface area contributed by atoms with Gasteiger partial charge >= 0.3 is 5.97 Å². The van der Waals surface area contributed by atoms with Gasteiger partial charge in [0.05, 0.1) is 30.4 Å². The van der Waals surface area contributed by atoms with Crippen LogP contribution in [0.5, 0.6) is 0 Å². The third-order valence-corrected chi connectivity index (χ3v) is 3.13. The highest BCUT2D eigenvalue weighted by molar-refractivity contribution is 6.04. The highest BCUT2D eigenvalue weighted by atomic mass is 16.5. The maximum Gasteiger partial charge on any atom is 0.336 e. The van der Waals surface area contributed by atoms with E-state index in [1.54, 1.807) is 12.1 Å². The Bertz CT molecular complexity index is 502. The minimum absolute atomic E-state index is 0.0168. The van der Waals surface area contributed by atoms with Crippen molar-refractivity contribution in [3.8, 4) is 0 Å². The second-order valence-electron chi connectivity index (χ2n) is 4.46. The van der Waals surface area contributed by atoms with Crippen molar-refractivity contribution < 1.29 is 24.2 Å². The molecule has 0 spiro atoms. The van der Waals surface area contributed by atoms with Crippen molar-refractivity contribution in [1.29, 1.82) is 0 Å². The maximum atomic E-state index is 12.2. The second kappa shape index (κ2) is 6.49. The van der Waals surface area contributed by atoms with E-state index in [0.717, 1.165) is 0 Å². The van der Waals surface area contributed by atoms with E-state index in [1.165, 1.54) is 12.1 Å². The fourth-order valence-electron chi connectivity index (χ4n) is 2.16. The number of aromatic carboxylic acids is 1. The van der Waals surface area contributed by atoms with Gasteiger partial charge in [-0.05, 0) is 19.1 Å². The van der Waals surface area contributed by atoms with E-state index < -0.39 is 11.9 Å². The first-order valence-corrected chi connectivity index (χ1v) is 6.46. The SMILES string of the molecule is CCO[C@H]1COC[C@@H]1NC(=O)c1ccccc1C(=O)O. The second-order valence-corrected chi connectivity index (χ2v) is 4.46. The fourth-order valence-corrected chi connectivity index (χ4v) is 2.16. The van der Waals surface area contributed by atoms with Crippen LogP contribution in [0.3, 0.4) is 0 Å². The molecule has 1 fully saturated rings. The molecule has 0 unspecified atom stereocenters. The van der Waals surface area contributed by atoms with Crippen LogP contribution >= 0.6 is 0 Å². The highest BCUT2D eigenvalue weighted by Crippen LogP contribution is 2.13. The van der Waals surface area contributed by atoms with E-state index in [-0.39, 0.29) is 23.3 Å². The van der Waals surface area contributed by atoms with Crippen LogP contribution in [-0.4, -0.2) is 48.9 Å². The van der Waals surface area contributed by atoms with Gasteiger partial charge in [-0.2, -0.15) is 0 Å². The summed E-state index contributed by atoms with van der Waals surface area (Å²) >= 11 is 0. The summed E-state index contributed by atoms with van der Waals surface area (Å²) in [4.78, 5) is 23.3. The van der Waals surface area contributed by atoms with E-state index in [9.17, 15) is 9.59 Å². The third-order valence-electron chi connectivity index (χ3n) is 3.13. The number of rotatable bonds is 5. The number of hydrogen-bond donors (Lipinski definition) is 2. The van der Waals surface area contributed by atoms with Crippen LogP contribution in [-0.2, 0) is 9.47 Å². The minimum Gasteiger partial charge on any atom is -0.478 e. The van der Waals surface area contributed by atoms with Crippen molar-refractivity contribution in [3.63, 3.8) is 0 Å². The maximum absolute atomic E-state index is 12.2. The van der Waals surface area contributed by atoms with Crippen LogP contribution in [0, 0.1) is 0 Å². The van der Waals surface area contributed by atoms with Crippen molar-refractivity contribution in [2.24, 2.45) is 0 Å². The Hall–Kier alpha value is -1.92. The van der Waals surface area contributed by atoms with Gasteiger partial charge in [-0.1, -0.05) is 12.1 Å². The first kappa shape index (κ1) is 14.5. The third kappa shape index (κ3) is 3.15. The normalized spacial score (nSPS) is 21.6.